The van der Waals surface area contributed by atoms with Crippen LogP contribution in [-0.2, 0) is 11.8 Å². The van der Waals surface area contributed by atoms with Crippen LogP contribution in [0, 0.1) is 0 Å². The topological polar surface area (TPSA) is 39.1 Å². The van der Waals surface area contributed by atoms with Gasteiger partial charge in [-0.05, 0) is 32.2 Å². The lowest BCUT2D eigenvalue weighted by Gasteiger charge is -2.20. The van der Waals surface area contributed by atoms with E-state index in [2.05, 4.69) is 28.8 Å². The average Bonchev–Trinajstić information content (AvgIpc) is 2.95. The third kappa shape index (κ3) is 3.30. The van der Waals surface area contributed by atoms with Crippen LogP contribution in [0.5, 0.6) is 0 Å². The molecule has 2 atom stereocenters. The summed E-state index contributed by atoms with van der Waals surface area (Å²) in [5.41, 5.74) is 1.27. The molecule has 1 fully saturated rings. The van der Waals surface area contributed by atoms with E-state index < -0.39 is 0 Å². The molecule has 0 radical (unpaired) electrons. The summed E-state index contributed by atoms with van der Waals surface area (Å²) in [5, 5.41) is 3.53. The van der Waals surface area contributed by atoms with E-state index in [0.717, 1.165) is 26.0 Å². The minimum absolute atomic E-state index is 0.400. The molecule has 2 unspecified atom stereocenters. The molecule has 1 aromatic heterocycles. The second-order valence-electron chi connectivity index (χ2n) is 4.75. The Morgan fingerprint density at radius 3 is 3.12 bits per heavy atom. The van der Waals surface area contributed by atoms with Gasteiger partial charge in [-0.2, -0.15) is 0 Å². The summed E-state index contributed by atoms with van der Waals surface area (Å²) < 4.78 is 7.78. The molecular weight excluding hydrogens is 214 g/mol. The van der Waals surface area contributed by atoms with Crippen molar-refractivity contribution in [2.24, 2.45) is 7.05 Å². The standard InChI is InChI=1S/C13H23N3O/c1-3-15-12(13-9-14-10-16(13)2)7-6-11-5-4-8-17-11/h9-12,15H,3-8H2,1-2H3. The van der Waals surface area contributed by atoms with E-state index in [9.17, 15) is 0 Å². The van der Waals surface area contributed by atoms with Crippen molar-refractivity contribution >= 4 is 0 Å². The molecule has 2 heterocycles. The van der Waals surface area contributed by atoms with E-state index >= 15 is 0 Å². The van der Waals surface area contributed by atoms with Crippen LogP contribution in [0.15, 0.2) is 12.5 Å². The molecule has 0 saturated carbocycles. The number of aromatic nitrogens is 2. The van der Waals surface area contributed by atoms with Crippen LogP contribution in [0.25, 0.3) is 0 Å². The first-order valence-corrected chi connectivity index (χ1v) is 6.62. The second kappa shape index (κ2) is 6.17. The molecule has 4 heteroatoms. The maximum Gasteiger partial charge on any atom is 0.0946 e. The molecule has 0 spiro atoms. The maximum atomic E-state index is 5.68. The molecule has 1 aliphatic rings. The molecule has 0 aliphatic carbocycles. The summed E-state index contributed by atoms with van der Waals surface area (Å²) >= 11 is 0. The molecule has 4 nitrogen and oxygen atoms in total. The number of hydrogen-bond donors (Lipinski definition) is 1. The number of nitrogens with one attached hydrogen (secondary N) is 1. The lowest BCUT2D eigenvalue weighted by atomic mass is 10.0. The molecule has 0 bridgehead atoms. The zero-order valence-corrected chi connectivity index (χ0v) is 10.9. The van der Waals surface area contributed by atoms with Gasteiger partial charge in [0.1, 0.15) is 0 Å². The lowest BCUT2D eigenvalue weighted by Crippen LogP contribution is -2.24. The summed E-state index contributed by atoms with van der Waals surface area (Å²) in [6.07, 6.45) is 9.02. The average molecular weight is 237 g/mol. The zero-order chi connectivity index (χ0) is 12.1. The van der Waals surface area contributed by atoms with E-state index in [-0.39, 0.29) is 0 Å². The molecule has 1 aromatic rings. The molecule has 0 amide bonds. The van der Waals surface area contributed by atoms with Gasteiger partial charge in [0.15, 0.2) is 0 Å². The molecule has 96 valence electrons. The van der Waals surface area contributed by atoms with Crippen LogP contribution in [0.3, 0.4) is 0 Å². The van der Waals surface area contributed by atoms with Crippen LogP contribution in [0.1, 0.15) is 44.3 Å². The van der Waals surface area contributed by atoms with Crippen molar-refractivity contribution < 1.29 is 4.74 Å². The Bertz CT molecular complexity index is 331. The van der Waals surface area contributed by atoms with E-state index in [0.29, 0.717) is 12.1 Å². The Balaban J connectivity index is 1.90. The number of hydrogen-bond acceptors (Lipinski definition) is 3. The Hall–Kier alpha value is -0.870. The SMILES string of the molecule is CCNC(CCC1CCCO1)c1cncn1C. The van der Waals surface area contributed by atoms with Gasteiger partial charge in [-0.15, -0.1) is 0 Å². The lowest BCUT2D eigenvalue weighted by molar-refractivity contribution is 0.0994. The fourth-order valence-electron chi connectivity index (χ4n) is 2.53. The van der Waals surface area contributed by atoms with Crippen molar-refractivity contribution in [3.8, 4) is 0 Å². The first kappa shape index (κ1) is 12.6. The molecule has 1 N–H and O–H groups in total. The maximum absolute atomic E-state index is 5.68. The van der Waals surface area contributed by atoms with Gasteiger partial charge in [0, 0.05) is 25.9 Å². The summed E-state index contributed by atoms with van der Waals surface area (Å²) in [6, 6.07) is 0.400. The van der Waals surface area contributed by atoms with Crippen molar-refractivity contribution in [1.82, 2.24) is 14.9 Å². The quantitative estimate of drug-likeness (QED) is 0.823. The van der Waals surface area contributed by atoms with Crippen molar-refractivity contribution in [1.29, 1.82) is 0 Å². The highest BCUT2D eigenvalue weighted by molar-refractivity contribution is 5.04. The summed E-state index contributed by atoms with van der Waals surface area (Å²) in [7, 11) is 2.05. The van der Waals surface area contributed by atoms with E-state index in [1.807, 2.05) is 12.5 Å². The Morgan fingerprint density at radius 1 is 1.65 bits per heavy atom. The highest BCUT2D eigenvalue weighted by Crippen LogP contribution is 2.23. The molecular formula is C13H23N3O. The summed E-state index contributed by atoms with van der Waals surface area (Å²) in [5.74, 6) is 0. The minimum Gasteiger partial charge on any atom is -0.378 e. The third-order valence-electron chi connectivity index (χ3n) is 3.46. The smallest absolute Gasteiger partial charge is 0.0946 e. The fourth-order valence-corrected chi connectivity index (χ4v) is 2.53. The fraction of sp³-hybridized carbons (Fsp3) is 0.769. The molecule has 17 heavy (non-hydrogen) atoms. The summed E-state index contributed by atoms with van der Waals surface area (Å²) in [4.78, 5) is 4.20. The normalized spacial score (nSPS) is 21.9. The predicted octanol–water partition coefficient (Wildman–Crippen LogP) is 2.03. The molecule has 1 saturated heterocycles. The van der Waals surface area contributed by atoms with Crippen molar-refractivity contribution in [2.45, 2.75) is 44.8 Å². The highest BCUT2D eigenvalue weighted by atomic mass is 16.5. The van der Waals surface area contributed by atoms with Crippen LogP contribution in [0.4, 0.5) is 0 Å². The van der Waals surface area contributed by atoms with E-state index in [1.165, 1.54) is 18.5 Å². The van der Waals surface area contributed by atoms with Gasteiger partial charge < -0.3 is 14.6 Å². The zero-order valence-electron chi connectivity index (χ0n) is 10.9. The van der Waals surface area contributed by atoms with Gasteiger partial charge in [-0.3, -0.25) is 0 Å². The van der Waals surface area contributed by atoms with E-state index in [1.54, 1.807) is 0 Å². The largest absolute Gasteiger partial charge is 0.378 e. The van der Waals surface area contributed by atoms with Crippen LogP contribution >= 0.6 is 0 Å². The second-order valence-corrected chi connectivity index (χ2v) is 4.75. The van der Waals surface area contributed by atoms with Gasteiger partial charge in [-0.25, -0.2) is 4.98 Å². The van der Waals surface area contributed by atoms with Crippen molar-refractivity contribution in [3.63, 3.8) is 0 Å². The van der Waals surface area contributed by atoms with Gasteiger partial charge in [0.2, 0.25) is 0 Å². The number of nitrogens with zero attached hydrogens (tertiary/aromatic N) is 2. The number of imidazole rings is 1. The minimum atomic E-state index is 0.400. The third-order valence-corrected chi connectivity index (χ3v) is 3.46. The predicted molar refractivity (Wildman–Crippen MR) is 67.8 cm³/mol. The first-order valence-electron chi connectivity index (χ1n) is 6.62. The highest BCUT2D eigenvalue weighted by Gasteiger charge is 2.19. The number of ether oxygens (including phenoxy) is 1. The van der Waals surface area contributed by atoms with Gasteiger partial charge in [-0.1, -0.05) is 6.92 Å². The Kier molecular flexibility index (Phi) is 4.57. The van der Waals surface area contributed by atoms with Crippen LogP contribution < -0.4 is 5.32 Å². The monoisotopic (exact) mass is 237 g/mol. The number of rotatable bonds is 6. The number of aryl methyl sites for hydroxylation is 1. The molecule has 2 rings (SSSR count). The van der Waals surface area contributed by atoms with E-state index in [4.69, 9.17) is 4.74 Å². The Labute approximate surface area is 103 Å². The van der Waals surface area contributed by atoms with Crippen molar-refractivity contribution in [3.05, 3.63) is 18.2 Å². The summed E-state index contributed by atoms with van der Waals surface area (Å²) in [6.45, 7) is 4.08. The van der Waals surface area contributed by atoms with Gasteiger partial charge >= 0.3 is 0 Å². The van der Waals surface area contributed by atoms with Gasteiger partial charge in [0.05, 0.1) is 18.1 Å². The molecule has 0 aromatic carbocycles. The Morgan fingerprint density at radius 2 is 2.53 bits per heavy atom. The van der Waals surface area contributed by atoms with Crippen LogP contribution in [-0.4, -0.2) is 28.8 Å². The first-order chi connectivity index (χ1) is 8.31. The molecule has 1 aliphatic heterocycles. The van der Waals surface area contributed by atoms with Gasteiger partial charge in [0.25, 0.3) is 0 Å². The van der Waals surface area contributed by atoms with Crippen LogP contribution in [0.2, 0.25) is 0 Å². The van der Waals surface area contributed by atoms with Crippen molar-refractivity contribution in [2.75, 3.05) is 13.2 Å².